The predicted molar refractivity (Wildman–Crippen MR) is 118 cm³/mol. The summed E-state index contributed by atoms with van der Waals surface area (Å²) < 4.78 is 0. The molecule has 0 heterocycles. The Labute approximate surface area is 160 Å². The molecule has 0 saturated carbocycles. The number of nitroso groups, excluding NO2 is 1. The molecule has 3 aromatic rings. The van der Waals surface area contributed by atoms with Crippen LogP contribution >= 0.6 is 6.75 Å². The van der Waals surface area contributed by atoms with Crippen molar-refractivity contribution >= 4 is 22.7 Å². The number of rotatable bonds is 6. The van der Waals surface area contributed by atoms with E-state index in [9.17, 15) is 4.91 Å². The second-order valence-electron chi connectivity index (χ2n) is 6.95. The van der Waals surface area contributed by atoms with Gasteiger partial charge in [0.25, 0.3) is 0 Å². The summed E-state index contributed by atoms with van der Waals surface area (Å²) in [5.74, 6) is 0. The van der Waals surface area contributed by atoms with Gasteiger partial charge in [-0.05, 0) is 0 Å². The fourth-order valence-electron chi connectivity index (χ4n) is 4.14. The van der Waals surface area contributed by atoms with E-state index in [4.69, 9.17) is 0 Å². The van der Waals surface area contributed by atoms with E-state index in [1.807, 2.05) is 54.6 Å². The molecule has 0 spiro atoms. The van der Waals surface area contributed by atoms with Gasteiger partial charge in [0, 0.05) is 0 Å². The maximum atomic E-state index is 13.1. The normalized spacial score (nSPS) is 15.0. The molecule has 0 amide bonds. The molecule has 0 fully saturated rings. The van der Waals surface area contributed by atoms with Crippen LogP contribution in [-0.4, -0.2) is 6.16 Å². The van der Waals surface area contributed by atoms with Gasteiger partial charge in [-0.1, -0.05) is 0 Å². The van der Waals surface area contributed by atoms with Crippen LogP contribution in [0.5, 0.6) is 0 Å². The van der Waals surface area contributed by atoms with Gasteiger partial charge in [0.2, 0.25) is 0 Å². The van der Waals surface area contributed by atoms with Crippen LogP contribution in [0.2, 0.25) is 0 Å². The molecule has 4 rings (SSSR count). The summed E-state index contributed by atoms with van der Waals surface area (Å²) in [7, 11) is 0. The van der Waals surface area contributed by atoms with Crippen LogP contribution in [0.15, 0.2) is 120 Å². The van der Waals surface area contributed by atoms with Crippen molar-refractivity contribution in [1.29, 1.82) is 0 Å². The molecule has 0 saturated heterocycles. The summed E-state index contributed by atoms with van der Waals surface area (Å²) in [6, 6.07) is 30.5. The molecule has 3 heteroatoms. The standard InChI is InChI=1S/C24H22NOP/c26-25-27(20-21-12-10-11-13-21,22-14-4-1-5-15-22,23-16-6-2-7-17-23)24-18-8-3-9-19-24/h1-12,14-19H,13,20H2. The average Bonchev–Trinajstić information content (AvgIpc) is 3.27. The van der Waals surface area contributed by atoms with Crippen molar-refractivity contribution in [3.8, 4) is 0 Å². The van der Waals surface area contributed by atoms with E-state index in [1.165, 1.54) is 5.57 Å². The Kier molecular flexibility index (Phi) is 4.59. The molecule has 0 unspecified atom stereocenters. The number of nitrogens with zero attached hydrogens (tertiary/aromatic N) is 1. The minimum absolute atomic E-state index is 0.639. The Morgan fingerprint density at radius 2 is 1.15 bits per heavy atom. The van der Waals surface area contributed by atoms with E-state index < -0.39 is 6.75 Å². The predicted octanol–water partition coefficient (Wildman–Crippen LogP) is 5.08. The molecular formula is C24H22NOP. The van der Waals surface area contributed by atoms with E-state index in [-0.39, 0.29) is 0 Å². The van der Waals surface area contributed by atoms with Crippen LogP contribution in [0.3, 0.4) is 0 Å². The fraction of sp³-hybridized carbons (Fsp3) is 0.0833. The van der Waals surface area contributed by atoms with Crippen LogP contribution in [0, 0.1) is 4.91 Å². The molecule has 0 atom stereocenters. The molecular weight excluding hydrogens is 349 g/mol. The second-order valence-corrected chi connectivity index (χ2v) is 11.5. The summed E-state index contributed by atoms with van der Waals surface area (Å²) in [4.78, 5) is 17.2. The average molecular weight is 371 g/mol. The SMILES string of the molecule is O=NP(CC1=CC=CC1)(c1ccccc1)(c1ccccc1)c1ccccc1. The zero-order chi connectivity index (χ0) is 18.6. The molecule has 0 bridgehead atoms. The van der Waals surface area contributed by atoms with E-state index in [0.717, 1.165) is 22.3 Å². The number of hydrogen-bond donors (Lipinski definition) is 0. The third-order valence-electron chi connectivity index (χ3n) is 5.48. The zero-order valence-corrected chi connectivity index (χ0v) is 16.0. The van der Waals surface area contributed by atoms with Gasteiger partial charge in [0.1, 0.15) is 0 Å². The van der Waals surface area contributed by atoms with Crippen molar-refractivity contribution in [3.63, 3.8) is 0 Å². The van der Waals surface area contributed by atoms with E-state index >= 15 is 0 Å². The van der Waals surface area contributed by atoms with Gasteiger partial charge >= 0.3 is 160 Å². The Bertz CT molecular complexity index is 895. The molecule has 0 aromatic heterocycles. The van der Waals surface area contributed by atoms with Crippen molar-refractivity contribution in [2.24, 2.45) is 4.95 Å². The van der Waals surface area contributed by atoms with Crippen molar-refractivity contribution in [2.45, 2.75) is 6.42 Å². The topological polar surface area (TPSA) is 29.4 Å². The summed E-state index contributed by atoms with van der Waals surface area (Å²) in [5.41, 5.74) is 1.25. The third kappa shape index (κ3) is 2.69. The molecule has 0 N–H and O–H groups in total. The first-order valence-corrected chi connectivity index (χ1v) is 11.5. The van der Waals surface area contributed by atoms with Crippen LogP contribution in [0.25, 0.3) is 0 Å². The monoisotopic (exact) mass is 371 g/mol. The number of benzene rings is 3. The van der Waals surface area contributed by atoms with Gasteiger partial charge in [-0.15, -0.1) is 0 Å². The van der Waals surface area contributed by atoms with Crippen LogP contribution in [0.4, 0.5) is 0 Å². The summed E-state index contributed by atoms with van der Waals surface area (Å²) in [5, 5.41) is 3.05. The van der Waals surface area contributed by atoms with Crippen molar-refractivity contribution in [2.75, 3.05) is 6.16 Å². The number of hydrogen-bond acceptors (Lipinski definition) is 2. The molecule has 3 aromatic carbocycles. The van der Waals surface area contributed by atoms with E-state index in [0.29, 0.717) is 6.16 Å². The van der Waals surface area contributed by atoms with Gasteiger partial charge in [-0.2, -0.15) is 0 Å². The molecule has 1 aliphatic carbocycles. The quantitative estimate of drug-likeness (QED) is 0.439. The first kappa shape index (κ1) is 17.6. The number of allylic oxidation sites excluding steroid dienone is 4. The minimum atomic E-state index is -3.57. The summed E-state index contributed by atoms with van der Waals surface area (Å²) in [6.07, 6.45) is 7.88. The van der Waals surface area contributed by atoms with Gasteiger partial charge < -0.3 is 0 Å². The Balaban J connectivity index is 2.13. The molecule has 134 valence electrons. The first-order valence-electron chi connectivity index (χ1n) is 9.17. The summed E-state index contributed by atoms with van der Waals surface area (Å²) in [6.45, 7) is -3.57. The maximum absolute atomic E-state index is 13.1. The van der Waals surface area contributed by atoms with Gasteiger partial charge in [-0.25, -0.2) is 0 Å². The van der Waals surface area contributed by atoms with Crippen molar-refractivity contribution in [3.05, 3.63) is 120 Å². The van der Waals surface area contributed by atoms with Gasteiger partial charge in [-0.3, -0.25) is 0 Å². The zero-order valence-electron chi connectivity index (χ0n) is 15.1. The Hall–Kier alpha value is -2.83. The first-order chi connectivity index (χ1) is 13.3. The second kappa shape index (κ2) is 7.06. The Morgan fingerprint density at radius 3 is 1.48 bits per heavy atom. The van der Waals surface area contributed by atoms with Gasteiger partial charge in [0.15, 0.2) is 0 Å². The van der Waals surface area contributed by atoms with Crippen molar-refractivity contribution in [1.82, 2.24) is 0 Å². The van der Waals surface area contributed by atoms with Crippen LogP contribution in [0.1, 0.15) is 6.42 Å². The van der Waals surface area contributed by atoms with Crippen LogP contribution < -0.4 is 15.9 Å². The summed E-state index contributed by atoms with van der Waals surface area (Å²) >= 11 is 0. The van der Waals surface area contributed by atoms with E-state index in [2.05, 4.69) is 59.6 Å². The van der Waals surface area contributed by atoms with Crippen LogP contribution in [-0.2, 0) is 0 Å². The molecule has 0 radical (unpaired) electrons. The van der Waals surface area contributed by atoms with Crippen molar-refractivity contribution < 1.29 is 0 Å². The third-order valence-corrected chi connectivity index (χ3v) is 11.1. The Morgan fingerprint density at radius 1 is 0.704 bits per heavy atom. The van der Waals surface area contributed by atoms with E-state index in [1.54, 1.807) is 0 Å². The van der Waals surface area contributed by atoms with Gasteiger partial charge in [0.05, 0.1) is 0 Å². The fourth-order valence-corrected chi connectivity index (χ4v) is 9.39. The molecule has 27 heavy (non-hydrogen) atoms. The molecule has 2 nitrogen and oxygen atoms in total. The molecule has 1 aliphatic rings. The molecule has 0 aliphatic heterocycles.